The van der Waals surface area contributed by atoms with Gasteiger partial charge in [-0.05, 0) is 48.5 Å². The van der Waals surface area contributed by atoms with Gasteiger partial charge in [-0.2, -0.15) is 0 Å². The van der Waals surface area contributed by atoms with Crippen LogP contribution in [0.25, 0.3) is 10.9 Å². The minimum atomic E-state index is 1.15. The van der Waals surface area contributed by atoms with E-state index in [1.165, 1.54) is 48.9 Å². The van der Waals surface area contributed by atoms with Gasteiger partial charge < -0.3 is 14.8 Å². The fourth-order valence-electron chi connectivity index (χ4n) is 2.93. The van der Waals surface area contributed by atoms with Crippen LogP contribution in [-0.4, -0.2) is 42.2 Å². The maximum atomic E-state index is 3.40. The predicted octanol–water partition coefficient (Wildman–Crippen LogP) is 2.02. The van der Waals surface area contributed by atoms with Crippen LogP contribution in [0.4, 0.5) is 0 Å². The third-order valence-corrected chi connectivity index (χ3v) is 4.10. The summed E-state index contributed by atoms with van der Waals surface area (Å²) in [4.78, 5) is 2.57. The van der Waals surface area contributed by atoms with Gasteiger partial charge in [0.1, 0.15) is 0 Å². The molecule has 19 heavy (non-hydrogen) atoms. The van der Waals surface area contributed by atoms with E-state index in [9.17, 15) is 0 Å². The molecular weight excluding hydrogens is 234 g/mol. The lowest BCUT2D eigenvalue weighted by molar-refractivity contribution is 0.238. The van der Waals surface area contributed by atoms with E-state index in [4.69, 9.17) is 0 Å². The molecule has 0 spiro atoms. The summed E-state index contributed by atoms with van der Waals surface area (Å²) < 4.78 is 2.18. The number of nitrogens with zero attached hydrogens (tertiary/aromatic N) is 2. The van der Waals surface area contributed by atoms with Crippen molar-refractivity contribution in [2.75, 3.05) is 32.7 Å². The summed E-state index contributed by atoms with van der Waals surface area (Å²) in [5.74, 6) is 0. The number of piperazine rings is 1. The minimum Gasteiger partial charge on any atom is -0.351 e. The first-order valence-corrected chi connectivity index (χ1v) is 7.30. The Morgan fingerprint density at radius 3 is 2.84 bits per heavy atom. The van der Waals surface area contributed by atoms with E-state index in [1.54, 1.807) is 0 Å². The van der Waals surface area contributed by atoms with E-state index < -0.39 is 0 Å². The van der Waals surface area contributed by atoms with Crippen molar-refractivity contribution in [1.29, 1.82) is 0 Å². The second-order valence-electron chi connectivity index (χ2n) is 5.52. The lowest BCUT2D eigenvalue weighted by Crippen LogP contribution is -2.43. The molecule has 0 aliphatic carbocycles. The van der Waals surface area contributed by atoms with E-state index >= 15 is 0 Å². The van der Waals surface area contributed by atoms with Crippen molar-refractivity contribution >= 4 is 10.9 Å². The van der Waals surface area contributed by atoms with Crippen molar-refractivity contribution in [3.05, 3.63) is 36.0 Å². The zero-order valence-corrected chi connectivity index (χ0v) is 11.7. The molecule has 1 aromatic heterocycles. The Bertz CT molecular complexity index is 538. The van der Waals surface area contributed by atoms with Crippen molar-refractivity contribution in [1.82, 2.24) is 14.8 Å². The van der Waals surface area contributed by atoms with E-state index in [0.29, 0.717) is 0 Å². The largest absolute Gasteiger partial charge is 0.351 e. The molecule has 0 unspecified atom stereocenters. The van der Waals surface area contributed by atoms with Crippen molar-refractivity contribution in [3.63, 3.8) is 0 Å². The summed E-state index contributed by atoms with van der Waals surface area (Å²) >= 11 is 0. The van der Waals surface area contributed by atoms with Crippen molar-refractivity contribution < 1.29 is 0 Å². The normalized spacial score (nSPS) is 17.1. The predicted molar refractivity (Wildman–Crippen MR) is 80.5 cm³/mol. The molecule has 0 amide bonds. The van der Waals surface area contributed by atoms with Crippen molar-refractivity contribution in [2.45, 2.75) is 12.8 Å². The summed E-state index contributed by atoms with van der Waals surface area (Å²) in [5.41, 5.74) is 2.79. The highest BCUT2D eigenvalue weighted by Crippen LogP contribution is 2.17. The van der Waals surface area contributed by atoms with Crippen molar-refractivity contribution in [3.8, 4) is 0 Å². The second kappa shape index (κ2) is 5.76. The molecule has 3 nitrogen and oxygen atoms in total. The van der Waals surface area contributed by atoms with E-state index in [1.807, 2.05) is 0 Å². The summed E-state index contributed by atoms with van der Waals surface area (Å²) in [5, 5.41) is 4.76. The van der Waals surface area contributed by atoms with Gasteiger partial charge in [0, 0.05) is 44.9 Å². The highest BCUT2D eigenvalue weighted by molar-refractivity contribution is 5.80. The molecular formula is C16H23N3. The third-order valence-electron chi connectivity index (χ3n) is 4.10. The SMILES string of the molecule is Cn1ccc2cc(CCCN3CCNCC3)ccc21. The highest BCUT2D eigenvalue weighted by atomic mass is 15.2. The minimum absolute atomic E-state index is 1.15. The average Bonchev–Trinajstić information content (AvgIpc) is 2.81. The Kier molecular flexibility index (Phi) is 3.85. The summed E-state index contributed by atoms with van der Waals surface area (Å²) in [6, 6.07) is 9.07. The number of aromatic nitrogens is 1. The van der Waals surface area contributed by atoms with Crippen molar-refractivity contribution in [2.24, 2.45) is 7.05 Å². The van der Waals surface area contributed by atoms with Gasteiger partial charge >= 0.3 is 0 Å². The molecule has 3 heteroatoms. The zero-order valence-electron chi connectivity index (χ0n) is 11.7. The van der Waals surface area contributed by atoms with E-state index in [2.05, 4.69) is 52.3 Å². The van der Waals surface area contributed by atoms with Gasteiger partial charge in [-0.15, -0.1) is 0 Å². The smallest absolute Gasteiger partial charge is 0.0477 e. The van der Waals surface area contributed by atoms with Gasteiger partial charge in [0.05, 0.1) is 0 Å². The number of nitrogens with one attached hydrogen (secondary N) is 1. The molecule has 0 radical (unpaired) electrons. The van der Waals surface area contributed by atoms with Gasteiger partial charge in [-0.25, -0.2) is 0 Å². The van der Waals surface area contributed by atoms with Crippen LogP contribution in [-0.2, 0) is 13.5 Å². The molecule has 0 bridgehead atoms. The van der Waals surface area contributed by atoms with Gasteiger partial charge in [0.2, 0.25) is 0 Å². The van der Waals surface area contributed by atoms with Gasteiger partial charge in [0.25, 0.3) is 0 Å². The molecule has 2 aromatic rings. The van der Waals surface area contributed by atoms with Crippen LogP contribution in [0.15, 0.2) is 30.5 Å². The van der Waals surface area contributed by atoms with Crippen LogP contribution < -0.4 is 5.32 Å². The monoisotopic (exact) mass is 257 g/mol. The maximum absolute atomic E-state index is 3.40. The lowest BCUT2D eigenvalue weighted by atomic mass is 10.1. The zero-order chi connectivity index (χ0) is 13.1. The number of hydrogen-bond acceptors (Lipinski definition) is 2. The Morgan fingerprint density at radius 1 is 1.16 bits per heavy atom. The van der Waals surface area contributed by atoms with Crippen LogP contribution in [0.3, 0.4) is 0 Å². The van der Waals surface area contributed by atoms with Crippen LogP contribution >= 0.6 is 0 Å². The van der Waals surface area contributed by atoms with Crippen LogP contribution in [0.2, 0.25) is 0 Å². The molecule has 1 fully saturated rings. The molecule has 1 aliphatic heterocycles. The molecule has 3 rings (SSSR count). The fourth-order valence-corrected chi connectivity index (χ4v) is 2.93. The molecule has 1 saturated heterocycles. The first-order valence-electron chi connectivity index (χ1n) is 7.30. The van der Waals surface area contributed by atoms with E-state index in [-0.39, 0.29) is 0 Å². The van der Waals surface area contributed by atoms with Crippen LogP contribution in [0.1, 0.15) is 12.0 Å². The van der Waals surface area contributed by atoms with Crippen LogP contribution in [0.5, 0.6) is 0 Å². The molecule has 0 saturated carbocycles. The number of fused-ring (bicyclic) bond motifs is 1. The first kappa shape index (κ1) is 12.7. The van der Waals surface area contributed by atoms with Crippen LogP contribution in [0, 0.1) is 0 Å². The maximum Gasteiger partial charge on any atom is 0.0477 e. The topological polar surface area (TPSA) is 20.2 Å². The third kappa shape index (κ3) is 2.99. The fraction of sp³-hybridized carbons (Fsp3) is 0.500. The second-order valence-corrected chi connectivity index (χ2v) is 5.52. The quantitative estimate of drug-likeness (QED) is 0.904. The number of hydrogen-bond donors (Lipinski definition) is 1. The highest BCUT2D eigenvalue weighted by Gasteiger charge is 2.08. The first-order chi connectivity index (χ1) is 9.33. The Morgan fingerprint density at radius 2 is 2.00 bits per heavy atom. The average molecular weight is 257 g/mol. The standard InChI is InChI=1S/C16H23N3/c1-18-10-6-15-13-14(4-5-16(15)18)3-2-9-19-11-7-17-8-12-19/h4-6,10,13,17H,2-3,7-9,11-12H2,1H3. The van der Waals surface area contributed by atoms with Gasteiger partial charge in [0.15, 0.2) is 0 Å². The Labute approximate surface area is 115 Å². The molecule has 1 aromatic carbocycles. The molecule has 102 valence electrons. The number of rotatable bonds is 4. The number of benzene rings is 1. The molecule has 1 aliphatic rings. The number of aryl methyl sites for hydroxylation is 2. The Hall–Kier alpha value is -1.32. The lowest BCUT2D eigenvalue weighted by Gasteiger charge is -2.27. The summed E-state index contributed by atoms with van der Waals surface area (Å²) in [7, 11) is 2.10. The summed E-state index contributed by atoms with van der Waals surface area (Å²) in [6.07, 6.45) is 4.59. The van der Waals surface area contributed by atoms with E-state index in [0.717, 1.165) is 13.1 Å². The molecule has 2 heterocycles. The van der Waals surface area contributed by atoms with Gasteiger partial charge in [-0.1, -0.05) is 6.07 Å². The summed E-state index contributed by atoms with van der Waals surface area (Å²) in [6.45, 7) is 5.94. The van der Waals surface area contributed by atoms with Gasteiger partial charge in [-0.3, -0.25) is 0 Å². The molecule has 0 atom stereocenters. The Balaban J connectivity index is 1.56. The molecule has 1 N–H and O–H groups in total.